The number of urea groups is 1. The van der Waals surface area contributed by atoms with Crippen LogP contribution in [0.5, 0.6) is 5.75 Å². The van der Waals surface area contributed by atoms with Crippen LogP contribution in [0.15, 0.2) is 54.6 Å². The average Bonchev–Trinajstić information content (AvgIpc) is 2.61. The summed E-state index contributed by atoms with van der Waals surface area (Å²) in [6.07, 6.45) is 3.55. The van der Waals surface area contributed by atoms with Gasteiger partial charge in [0.05, 0.1) is 6.17 Å². The van der Waals surface area contributed by atoms with E-state index in [0.717, 1.165) is 32.2 Å². The molecule has 1 unspecified atom stereocenters. The van der Waals surface area contributed by atoms with E-state index in [1.165, 1.54) is 5.56 Å². The lowest BCUT2D eigenvalue weighted by Crippen LogP contribution is -2.51. The second kappa shape index (κ2) is 11.5. The fourth-order valence-electron chi connectivity index (χ4n) is 2.82. The van der Waals surface area contributed by atoms with Gasteiger partial charge in [0.2, 0.25) is 0 Å². The van der Waals surface area contributed by atoms with Gasteiger partial charge < -0.3 is 10.8 Å². The maximum atomic E-state index is 12.1. The molecule has 142 valence electrons. The maximum absolute atomic E-state index is 12.1. The molecule has 0 fully saturated rings. The Balaban J connectivity index is 0.00000338. The summed E-state index contributed by atoms with van der Waals surface area (Å²) in [5, 5.41) is 12.9. The van der Waals surface area contributed by atoms with Crippen LogP contribution in [0.4, 0.5) is 10.5 Å². The lowest BCUT2D eigenvalue weighted by atomic mass is 10.1. The van der Waals surface area contributed by atoms with Gasteiger partial charge in [-0.15, -0.1) is 17.0 Å². The Morgan fingerprint density at radius 3 is 2.38 bits per heavy atom. The summed E-state index contributed by atoms with van der Waals surface area (Å²) >= 11 is 0. The number of unbranched alkanes of at least 4 members (excludes halogenated alkanes) is 1. The Morgan fingerprint density at radius 1 is 1.15 bits per heavy atom. The van der Waals surface area contributed by atoms with Crippen LogP contribution in [-0.4, -0.2) is 23.8 Å². The Morgan fingerprint density at radius 2 is 1.81 bits per heavy atom. The van der Waals surface area contributed by atoms with Crippen molar-refractivity contribution in [2.45, 2.75) is 38.8 Å². The molecule has 0 aromatic heterocycles. The SMILES string of the molecule is Br.CCCCC(NCCc1ccccc1)N(C(N)=O)c1ccc(O)cc1. The quantitative estimate of drug-likeness (QED) is 0.530. The fraction of sp³-hybridized carbons (Fsp3) is 0.350. The van der Waals surface area contributed by atoms with Gasteiger partial charge in [0.15, 0.2) is 0 Å². The zero-order chi connectivity index (χ0) is 18.1. The van der Waals surface area contributed by atoms with E-state index in [1.807, 2.05) is 18.2 Å². The molecule has 0 aliphatic rings. The zero-order valence-electron chi connectivity index (χ0n) is 15.1. The Labute approximate surface area is 166 Å². The molecular weight excluding hydrogens is 394 g/mol. The van der Waals surface area contributed by atoms with Crippen LogP contribution in [0.1, 0.15) is 31.7 Å². The lowest BCUT2D eigenvalue weighted by molar-refractivity contribution is 0.249. The van der Waals surface area contributed by atoms with Crippen LogP contribution in [0.3, 0.4) is 0 Å². The van der Waals surface area contributed by atoms with E-state index in [2.05, 4.69) is 24.4 Å². The highest BCUT2D eigenvalue weighted by atomic mass is 79.9. The molecule has 0 radical (unpaired) electrons. The number of carbonyl (C=O) groups is 1. The number of amides is 2. The van der Waals surface area contributed by atoms with Crippen LogP contribution >= 0.6 is 17.0 Å². The van der Waals surface area contributed by atoms with E-state index >= 15 is 0 Å². The van der Waals surface area contributed by atoms with Crippen molar-refractivity contribution < 1.29 is 9.90 Å². The number of anilines is 1. The van der Waals surface area contributed by atoms with Gasteiger partial charge in [0, 0.05) is 12.2 Å². The van der Waals surface area contributed by atoms with Crippen molar-refractivity contribution >= 4 is 28.7 Å². The van der Waals surface area contributed by atoms with Gasteiger partial charge >= 0.3 is 6.03 Å². The summed E-state index contributed by atoms with van der Waals surface area (Å²) in [5.41, 5.74) is 7.58. The van der Waals surface area contributed by atoms with Crippen molar-refractivity contribution in [3.63, 3.8) is 0 Å². The largest absolute Gasteiger partial charge is 0.508 e. The first kappa shape index (κ1) is 22.0. The monoisotopic (exact) mass is 421 g/mol. The highest BCUT2D eigenvalue weighted by Gasteiger charge is 2.22. The fourth-order valence-corrected chi connectivity index (χ4v) is 2.82. The molecule has 1 atom stereocenters. The Bertz CT molecular complexity index is 650. The highest BCUT2D eigenvalue weighted by Crippen LogP contribution is 2.21. The Kier molecular flexibility index (Phi) is 9.76. The van der Waals surface area contributed by atoms with Crippen LogP contribution in [0.25, 0.3) is 0 Å². The molecule has 0 spiro atoms. The van der Waals surface area contributed by atoms with Crippen LogP contribution < -0.4 is 16.0 Å². The molecule has 2 aromatic carbocycles. The standard InChI is InChI=1S/C20H27N3O2.BrH/c1-2-3-9-19(22-15-14-16-7-5-4-6-8-16)23(20(21)25)17-10-12-18(24)13-11-17;/h4-8,10-13,19,22,24H,2-3,9,14-15H2,1H3,(H2,21,25);1H. The first-order valence-corrected chi connectivity index (χ1v) is 8.77. The minimum atomic E-state index is -0.501. The summed E-state index contributed by atoms with van der Waals surface area (Å²) in [6, 6.07) is 16.3. The number of benzene rings is 2. The van der Waals surface area contributed by atoms with Crippen molar-refractivity contribution in [3.05, 3.63) is 60.2 Å². The highest BCUT2D eigenvalue weighted by molar-refractivity contribution is 8.93. The van der Waals surface area contributed by atoms with E-state index in [-0.39, 0.29) is 28.9 Å². The van der Waals surface area contributed by atoms with Gasteiger partial charge in [-0.05, 0) is 42.7 Å². The molecule has 5 nitrogen and oxygen atoms in total. The number of primary amides is 1. The molecule has 2 rings (SSSR count). The maximum Gasteiger partial charge on any atom is 0.320 e. The van der Waals surface area contributed by atoms with Gasteiger partial charge in [0.1, 0.15) is 5.75 Å². The minimum absolute atomic E-state index is 0. The topological polar surface area (TPSA) is 78.6 Å². The number of rotatable bonds is 9. The molecule has 6 heteroatoms. The summed E-state index contributed by atoms with van der Waals surface area (Å²) in [7, 11) is 0. The number of hydrogen-bond acceptors (Lipinski definition) is 3. The molecule has 0 heterocycles. The molecule has 2 amide bonds. The molecule has 0 saturated carbocycles. The number of carbonyl (C=O) groups excluding carboxylic acids is 1. The third kappa shape index (κ3) is 6.69. The summed E-state index contributed by atoms with van der Waals surface area (Å²) < 4.78 is 0. The molecule has 0 bridgehead atoms. The molecular formula is C20H28BrN3O2. The second-order valence-corrected chi connectivity index (χ2v) is 6.07. The van der Waals surface area contributed by atoms with E-state index in [9.17, 15) is 9.90 Å². The lowest BCUT2D eigenvalue weighted by Gasteiger charge is -2.31. The molecule has 4 N–H and O–H groups in total. The average molecular weight is 422 g/mol. The summed E-state index contributed by atoms with van der Waals surface area (Å²) in [5.74, 6) is 0.162. The number of nitrogens with one attached hydrogen (secondary N) is 1. The number of nitrogens with zero attached hydrogens (tertiary/aromatic N) is 1. The van der Waals surface area contributed by atoms with E-state index in [1.54, 1.807) is 29.2 Å². The normalized spacial score (nSPS) is 11.4. The Hall–Kier alpha value is -2.05. The van der Waals surface area contributed by atoms with Crippen molar-refractivity contribution in [1.82, 2.24) is 5.32 Å². The number of aromatic hydroxyl groups is 1. The van der Waals surface area contributed by atoms with Crippen LogP contribution in [0.2, 0.25) is 0 Å². The van der Waals surface area contributed by atoms with E-state index < -0.39 is 6.03 Å². The number of hydrogen-bond donors (Lipinski definition) is 3. The van der Waals surface area contributed by atoms with Gasteiger partial charge in [-0.25, -0.2) is 4.79 Å². The number of halogens is 1. The third-order valence-corrected chi connectivity index (χ3v) is 4.14. The van der Waals surface area contributed by atoms with Crippen molar-refractivity contribution in [3.8, 4) is 5.75 Å². The van der Waals surface area contributed by atoms with Gasteiger partial charge in [-0.2, -0.15) is 0 Å². The summed E-state index contributed by atoms with van der Waals surface area (Å²) in [4.78, 5) is 13.6. The van der Waals surface area contributed by atoms with Gasteiger partial charge in [-0.1, -0.05) is 50.1 Å². The van der Waals surface area contributed by atoms with Crippen molar-refractivity contribution in [2.75, 3.05) is 11.4 Å². The predicted molar refractivity (Wildman–Crippen MR) is 112 cm³/mol. The molecule has 26 heavy (non-hydrogen) atoms. The van der Waals surface area contributed by atoms with Crippen molar-refractivity contribution in [2.24, 2.45) is 5.73 Å². The van der Waals surface area contributed by atoms with E-state index in [4.69, 9.17) is 5.73 Å². The van der Waals surface area contributed by atoms with Gasteiger partial charge in [-0.3, -0.25) is 10.2 Å². The van der Waals surface area contributed by atoms with Crippen LogP contribution in [0, 0.1) is 0 Å². The van der Waals surface area contributed by atoms with Crippen LogP contribution in [-0.2, 0) is 6.42 Å². The van der Waals surface area contributed by atoms with Gasteiger partial charge in [0.25, 0.3) is 0 Å². The minimum Gasteiger partial charge on any atom is -0.508 e. The second-order valence-electron chi connectivity index (χ2n) is 6.07. The number of phenols is 1. The molecule has 2 aromatic rings. The number of phenolic OH excluding ortho intramolecular Hbond substituents is 1. The third-order valence-electron chi connectivity index (χ3n) is 4.14. The zero-order valence-corrected chi connectivity index (χ0v) is 16.8. The van der Waals surface area contributed by atoms with E-state index in [0.29, 0.717) is 5.69 Å². The molecule has 0 aliphatic heterocycles. The number of nitrogens with two attached hydrogens (primary N) is 1. The first-order valence-electron chi connectivity index (χ1n) is 8.77. The predicted octanol–water partition coefficient (Wildman–Crippen LogP) is 4.20. The van der Waals surface area contributed by atoms with Crippen molar-refractivity contribution in [1.29, 1.82) is 0 Å². The first-order chi connectivity index (χ1) is 12.1. The smallest absolute Gasteiger partial charge is 0.320 e. The summed E-state index contributed by atoms with van der Waals surface area (Å²) in [6.45, 7) is 2.87. The molecule has 0 saturated heterocycles. The molecule has 0 aliphatic carbocycles.